The van der Waals surface area contributed by atoms with Crippen LogP contribution in [-0.4, -0.2) is 74.6 Å². The fourth-order valence-electron chi connectivity index (χ4n) is 5.89. The second-order valence-corrected chi connectivity index (χ2v) is 10.9. The maximum absolute atomic E-state index is 12.7. The summed E-state index contributed by atoms with van der Waals surface area (Å²) in [7, 11) is 2.79. The number of piperazine rings is 1. The lowest BCUT2D eigenvalue weighted by Crippen LogP contribution is -2.47. The number of pyridine rings is 1. The molecule has 2 aromatic carbocycles. The van der Waals surface area contributed by atoms with Crippen molar-refractivity contribution in [2.45, 2.75) is 44.3 Å². The maximum atomic E-state index is 12.7. The molecule has 1 saturated carbocycles. The molecule has 42 heavy (non-hydrogen) atoms. The maximum Gasteiger partial charge on any atom is 0.411 e. The Kier molecular flexibility index (Phi) is 9.43. The van der Waals surface area contributed by atoms with Gasteiger partial charge < -0.3 is 29.9 Å². The molecule has 2 heterocycles. The van der Waals surface area contributed by atoms with Crippen LogP contribution in [0.1, 0.15) is 31.2 Å². The van der Waals surface area contributed by atoms with Crippen LogP contribution < -0.4 is 20.9 Å². The molecule has 2 amide bonds. The normalized spacial score (nSPS) is 18.7. The van der Waals surface area contributed by atoms with Gasteiger partial charge >= 0.3 is 12.2 Å². The molecule has 0 spiro atoms. The smallest absolute Gasteiger partial charge is 0.411 e. The summed E-state index contributed by atoms with van der Waals surface area (Å²) in [5.41, 5.74) is 10.7. The van der Waals surface area contributed by atoms with Gasteiger partial charge in [-0.2, -0.15) is 0 Å². The van der Waals surface area contributed by atoms with E-state index in [4.69, 9.17) is 15.2 Å². The zero-order valence-electron chi connectivity index (χ0n) is 24.4. The summed E-state index contributed by atoms with van der Waals surface area (Å²) in [5.74, 6) is 0.970. The molecule has 0 radical (unpaired) electrons. The van der Waals surface area contributed by atoms with E-state index in [2.05, 4.69) is 38.3 Å². The largest absolute Gasteiger partial charge is 0.453 e. The Morgan fingerprint density at radius 1 is 0.905 bits per heavy atom. The Morgan fingerprint density at radius 2 is 1.64 bits per heavy atom. The van der Waals surface area contributed by atoms with Crippen molar-refractivity contribution in [3.05, 3.63) is 72.4 Å². The number of ether oxygens (including phenoxy) is 2. The van der Waals surface area contributed by atoms with Crippen LogP contribution in [0.25, 0.3) is 11.1 Å². The Balaban J connectivity index is 1.36. The lowest BCUT2D eigenvalue weighted by Gasteiger charge is -2.37. The number of nitrogens with zero attached hydrogens (tertiary/aromatic N) is 4. The molecule has 10 heteroatoms. The second-order valence-electron chi connectivity index (χ2n) is 10.9. The zero-order valence-corrected chi connectivity index (χ0v) is 24.4. The van der Waals surface area contributed by atoms with E-state index >= 15 is 0 Å². The Hall–Kier alpha value is -4.31. The van der Waals surface area contributed by atoms with Crippen LogP contribution in [-0.2, 0) is 16.0 Å². The van der Waals surface area contributed by atoms with Gasteiger partial charge in [-0.1, -0.05) is 30.3 Å². The SMILES string of the molecule is COC(=O)Nc1cc(-c2cccc(CN(C(=O)OC)C3CCC(N)CC3)c2)ccc1N1CCN(c2ccccn2)CC1. The first-order chi connectivity index (χ1) is 20.4. The summed E-state index contributed by atoms with van der Waals surface area (Å²) in [6.07, 6.45) is 4.52. The van der Waals surface area contributed by atoms with E-state index in [1.807, 2.05) is 53.6 Å². The summed E-state index contributed by atoms with van der Waals surface area (Å²) in [6, 6.07) is 20.5. The van der Waals surface area contributed by atoms with Crippen molar-refractivity contribution in [3.63, 3.8) is 0 Å². The fraction of sp³-hybridized carbons (Fsp3) is 0.406. The van der Waals surface area contributed by atoms with Crippen LogP contribution in [0.3, 0.4) is 0 Å². The monoisotopic (exact) mass is 572 g/mol. The topological polar surface area (TPSA) is 113 Å². The number of anilines is 3. The first kappa shape index (κ1) is 29.2. The highest BCUT2D eigenvalue weighted by Gasteiger charge is 2.28. The van der Waals surface area contributed by atoms with Crippen molar-refractivity contribution in [3.8, 4) is 11.1 Å². The minimum absolute atomic E-state index is 0.106. The van der Waals surface area contributed by atoms with Crippen LogP contribution in [0, 0.1) is 0 Å². The third-order valence-electron chi connectivity index (χ3n) is 8.22. The number of nitrogens with one attached hydrogen (secondary N) is 1. The summed E-state index contributed by atoms with van der Waals surface area (Å²) >= 11 is 0. The van der Waals surface area contributed by atoms with Crippen molar-refractivity contribution in [2.24, 2.45) is 5.73 Å². The molecule has 0 bridgehead atoms. The van der Waals surface area contributed by atoms with Gasteiger partial charge in [-0.3, -0.25) is 5.32 Å². The number of hydrogen-bond donors (Lipinski definition) is 2. The van der Waals surface area contributed by atoms with Crippen molar-refractivity contribution in [1.29, 1.82) is 0 Å². The van der Waals surface area contributed by atoms with Gasteiger partial charge in [0.25, 0.3) is 0 Å². The van der Waals surface area contributed by atoms with Crippen LogP contribution in [0.15, 0.2) is 66.9 Å². The third kappa shape index (κ3) is 6.94. The molecular formula is C32H40N6O4. The van der Waals surface area contributed by atoms with Gasteiger partial charge in [0.15, 0.2) is 0 Å². The van der Waals surface area contributed by atoms with Crippen molar-refractivity contribution in [2.75, 3.05) is 55.5 Å². The first-order valence-electron chi connectivity index (χ1n) is 14.5. The summed E-state index contributed by atoms with van der Waals surface area (Å²) in [4.78, 5) is 35.9. The number of aromatic nitrogens is 1. The molecule has 3 aromatic rings. The fourth-order valence-corrected chi connectivity index (χ4v) is 5.89. The van der Waals surface area contributed by atoms with Crippen molar-refractivity contribution < 1.29 is 19.1 Å². The molecular weight excluding hydrogens is 532 g/mol. The van der Waals surface area contributed by atoms with E-state index in [1.54, 1.807) is 0 Å². The third-order valence-corrected chi connectivity index (χ3v) is 8.22. The van der Waals surface area contributed by atoms with Gasteiger partial charge in [0.05, 0.1) is 25.6 Å². The molecule has 2 fully saturated rings. The highest BCUT2D eigenvalue weighted by Crippen LogP contribution is 2.34. The number of carbonyl (C=O) groups excluding carboxylic acids is 2. The van der Waals surface area contributed by atoms with E-state index < -0.39 is 6.09 Å². The van der Waals surface area contributed by atoms with Gasteiger partial charge in [0.1, 0.15) is 5.82 Å². The van der Waals surface area contributed by atoms with Crippen LogP contribution in [0.5, 0.6) is 0 Å². The van der Waals surface area contributed by atoms with Crippen molar-refractivity contribution >= 4 is 29.4 Å². The summed E-state index contributed by atoms with van der Waals surface area (Å²) < 4.78 is 10.1. The van der Waals surface area contributed by atoms with E-state index in [0.717, 1.165) is 80.1 Å². The number of benzene rings is 2. The van der Waals surface area contributed by atoms with Crippen LogP contribution in [0.2, 0.25) is 0 Å². The number of hydrogen-bond acceptors (Lipinski definition) is 8. The lowest BCUT2D eigenvalue weighted by atomic mass is 9.90. The second kappa shape index (κ2) is 13.6. The van der Waals surface area contributed by atoms with Crippen molar-refractivity contribution in [1.82, 2.24) is 9.88 Å². The molecule has 1 aliphatic heterocycles. The number of amides is 2. The number of nitrogens with two attached hydrogens (primary N) is 1. The van der Waals surface area contributed by atoms with Gasteiger partial charge in [0, 0.05) is 51.0 Å². The van der Waals surface area contributed by atoms with E-state index in [1.165, 1.54) is 14.2 Å². The molecule has 10 nitrogen and oxygen atoms in total. The predicted molar refractivity (Wildman–Crippen MR) is 165 cm³/mol. The molecule has 0 unspecified atom stereocenters. The lowest BCUT2D eigenvalue weighted by molar-refractivity contribution is 0.0879. The predicted octanol–water partition coefficient (Wildman–Crippen LogP) is 5.09. The molecule has 3 N–H and O–H groups in total. The Labute approximate surface area is 247 Å². The Morgan fingerprint density at radius 3 is 2.33 bits per heavy atom. The molecule has 0 atom stereocenters. The van der Waals surface area contributed by atoms with E-state index in [0.29, 0.717) is 12.2 Å². The highest BCUT2D eigenvalue weighted by molar-refractivity contribution is 5.91. The molecule has 2 aliphatic rings. The highest BCUT2D eigenvalue weighted by atomic mass is 16.5. The molecule has 1 aliphatic carbocycles. The number of rotatable bonds is 7. The minimum atomic E-state index is -0.518. The average Bonchev–Trinajstić information content (AvgIpc) is 3.04. The molecule has 5 rings (SSSR count). The van der Waals surface area contributed by atoms with Gasteiger partial charge in [0.2, 0.25) is 0 Å². The Bertz CT molecular complexity index is 1350. The average molecular weight is 573 g/mol. The minimum Gasteiger partial charge on any atom is -0.453 e. The van der Waals surface area contributed by atoms with E-state index in [9.17, 15) is 9.59 Å². The standard InChI is InChI=1S/C32H40N6O4/c1-41-31(39)35-28-21-25(9-14-29(28)36-16-18-37(19-17-36)30-8-3-4-15-34-30)24-7-5-6-23(20-24)22-38(32(40)42-2)27-12-10-26(33)11-13-27/h3-9,14-15,20-21,26-27H,10-13,16-19,22,33H2,1-2H3,(H,35,39). The van der Waals surface area contributed by atoms with Gasteiger partial charge in [-0.05, 0) is 72.7 Å². The molecule has 1 saturated heterocycles. The quantitative estimate of drug-likeness (QED) is 0.403. The first-order valence-corrected chi connectivity index (χ1v) is 14.5. The zero-order chi connectivity index (χ0) is 29.5. The number of methoxy groups -OCH3 is 2. The van der Waals surface area contributed by atoms with Gasteiger partial charge in [-0.25, -0.2) is 14.6 Å². The van der Waals surface area contributed by atoms with Crippen LogP contribution >= 0.6 is 0 Å². The van der Waals surface area contributed by atoms with E-state index in [-0.39, 0.29) is 18.2 Å². The number of carbonyl (C=O) groups is 2. The molecule has 222 valence electrons. The van der Waals surface area contributed by atoms with Gasteiger partial charge in [-0.15, -0.1) is 0 Å². The molecule has 1 aromatic heterocycles. The summed E-state index contributed by atoms with van der Waals surface area (Å²) in [6.45, 7) is 3.67. The van der Waals surface area contributed by atoms with Crippen LogP contribution in [0.4, 0.5) is 26.8 Å². The summed E-state index contributed by atoms with van der Waals surface area (Å²) in [5, 5.41) is 2.92.